The van der Waals surface area contributed by atoms with Crippen LogP contribution >= 0.6 is 0 Å². The minimum atomic E-state index is -2.88. The number of hydrogen-bond donors (Lipinski definition) is 1. The molecule has 0 saturated carbocycles. The Hall–Kier alpha value is -0.660. The van der Waals surface area contributed by atoms with Crippen LogP contribution in [-0.2, 0) is 19.4 Å². The van der Waals surface area contributed by atoms with Crippen LogP contribution in [0, 0.1) is 0 Å². The van der Waals surface area contributed by atoms with Crippen molar-refractivity contribution in [3.8, 4) is 0 Å². The van der Waals surface area contributed by atoms with Gasteiger partial charge in [0.25, 0.3) is 0 Å². The highest BCUT2D eigenvalue weighted by molar-refractivity contribution is 7.91. The number of nitrogens with zero attached hydrogens (tertiary/aromatic N) is 1. The second kappa shape index (κ2) is 12.7. The highest BCUT2D eigenvalue weighted by Crippen LogP contribution is 2.05. The Morgan fingerprint density at radius 3 is 2.33 bits per heavy atom. The highest BCUT2D eigenvalue weighted by Gasteiger charge is 2.22. The first-order valence-corrected chi connectivity index (χ1v) is 11.1. The fourth-order valence-corrected chi connectivity index (χ4v) is 3.93. The first kappa shape index (κ1) is 21.4. The van der Waals surface area contributed by atoms with E-state index >= 15 is 0 Å². The molecular formula is C17H34N2O4S. The summed E-state index contributed by atoms with van der Waals surface area (Å²) in [6.07, 6.45) is 8.40. The molecule has 0 unspecified atom stereocenters. The second-order valence-corrected chi connectivity index (χ2v) is 8.82. The number of nitrogens with one attached hydrogen (secondary N) is 1. The van der Waals surface area contributed by atoms with Gasteiger partial charge in [-0.15, -0.1) is 0 Å². The molecule has 0 bridgehead atoms. The minimum absolute atomic E-state index is 0.0368. The van der Waals surface area contributed by atoms with Gasteiger partial charge in [-0.3, -0.25) is 9.69 Å². The molecule has 1 rings (SSSR count). The molecule has 7 heteroatoms. The quantitative estimate of drug-likeness (QED) is 0.504. The Morgan fingerprint density at radius 2 is 1.62 bits per heavy atom. The molecule has 1 amide bonds. The molecule has 24 heavy (non-hydrogen) atoms. The van der Waals surface area contributed by atoms with Gasteiger partial charge >= 0.3 is 0 Å². The van der Waals surface area contributed by atoms with Crippen molar-refractivity contribution in [1.29, 1.82) is 0 Å². The van der Waals surface area contributed by atoms with Gasteiger partial charge in [0.15, 0.2) is 9.84 Å². The van der Waals surface area contributed by atoms with E-state index in [0.717, 1.165) is 19.4 Å². The largest absolute Gasteiger partial charge is 0.381 e. The van der Waals surface area contributed by atoms with E-state index in [9.17, 15) is 13.2 Å². The van der Waals surface area contributed by atoms with Gasteiger partial charge in [-0.1, -0.05) is 39.0 Å². The molecule has 0 aromatic carbocycles. The maximum atomic E-state index is 11.8. The predicted octanol–water partition coefficient (Wildman–Crippen LogP) is 1.60. The summed E-state index contributed by atoms with van der Waals surface area (Å²) < 4.78 is 28.2. The maximum Gasteiger partial charge on any atom is 0.234 e. The van der Waals surface area contributed by atoms with Gasteiger partial charge < -0.3 is 10.1 Å². The lowest BCUT2D eigenvalue weighted by Crippen LogP contribution is -2.45. The molecule has 142 valence electrons. The molecule has 1 aliphatic heterocycles. The van der Waals surface area contributed by atoms with Crippen molar-refractivity contribution in [2.45, 2.75) is 51.9 Å². The number of rotatable bonds is 13. The van der Waals surface area contributed by atoms with E-state index in [0.29, 0.717) is 26.2 Å². The van der Waals surface area contributed by atoms with Crippen LogP contribution in [0.1, 0.15) is 51.9 Å². The third-order valence-electron chi connectivity index (χ3n) is 4.23. The van der Waals surface area contributed by atoms with Crippen LogP contribution in [0.25, 0.3) is 0 Å². The van der Waals surface area contributed by atoms with Gasteiger partial charge in [-0.2, -0.15) is 0 Å². The Bertz CT molecular complexity index is 426. The lowest BCUT2D eigenvalue weighted by Gasteiger charge is -2.25. The zero-order valence-electron chi connectivity index (χ0n) is 15.1. The minimum Gasteiger partial charge on any atom is -0.381 e. The van der Waals surface area contributed by atoms with Gasteiger partial charge in [-0.25, -0.2) is 8.42 Å². The average molecular weight is 363 g/mol. The van der Waals surface area contributed by atoms with Gasteiger partial charge in [-0.05, 0) is 12.8 Å². The van der Waals surface area contributed by atoms with E-state index in [1.165, 1.54) is 32.1 Å². The standard InChI is InChI=1S/C17H34N2O4S/c1-2-3-4-5-6-7-12-23-13-8-9-18-17(20)16-19-10-14-24(21,22)15-11-19/h2-16H2,1H3,(H,18,20). The molecule has 1 heterocycles. The first-order chi connectivity index (χ1) is 11.5. The van der Waals surface area contributed by atoms with Crippen LogP contribution in [0.15, 0.2) is 0 Å². The summed E-state index contributed by atoms with van der Waals surface area (Å²) in [7, 11) is -2.88. The fourth-order valence-electron chi connectivity index (χ4n) is 2.66. The van der Waals surface area contributed by atoms with Crippen LogP contribution in [0.3, 0.4) is 0 Å². The van der Waals surface area contributed by atoms with Crippen LogP contribution < -0.4 is 5.32 Å². The van der Waals surface area contributed by atoms with E-state index in [1.807, 2.05) is 4.90 Å². The number of carbonyl (C=O) groups is 1. The summed E-state index contributed by atoms with van der Waals surface area (Å²) in [5, 5.41) is 2.87. The normalized spacial score (nSPS) is 17.7. The molecule has 0 aromatic rings. The molecule has 0 aromatic heterocycles. The average Bonchev–Trinajstić information content (AvgIpc) is 2.54. The molecule has 1 saturated heterocycles. The van der Waals surface area contributed by atoms with Crippen molar-refractivity contribution in [2.24, 2.45) is 0 Å². The molecule has 0 radical (unpaired) electrons. The molecule has 0 aliphatic carbocycles. The monoisotopic (exact) mass is 362 g/mol. The summed E-state index contributed by atoms with van der Waals surface area (Å²) in [6.45, 7) is 5.52. The Morgan fingerprint density at radius 1 is 1.00 bits per heavy atom. The lowest BCUT2D eigenvalue weighted by atomic mass is 10.1. The second-order valence-electron chi connectivity index (χ2n) is 6.51. The van der Waals surface area contributed by atoms with Crippen molar-refractivity contribution in [3.63, 3.8) is 0 Å². The zero-order valence-corrected chi connectivity index (χ0v) is 15.9. The van der Waals surface area contributed by atoms with Crippen LogP contribution in [-0.4, -0.2) is 70.1 Å². The SMILES string of the molecule is CCCCCCCCOCCCNC(=O)CN1CCS(=O)(=O)CC1. The van der Waals surface area contributed by atoms with Gasteiger partial charge in [0, 0.05) is 32.8 Å². The van der Waals surface area contributed by atoms with Crippen LogP contribution in [0.2, 0.25) is 0 Å². The Balaban J connectivity index is 1.88. The van der Waals surface area contributed by atoms with Gasteiger partial charge in [0.05, 0.1) is 18.1 Å². The lowest BCUT2D eigenvalue weighted by molar-refractivity contribution is -0.122. The summed E-state index contributed by atoms with van der Waals surface area (Å²) in [5.41, 5.74) is 0. The number of carbonyl (C=O) groups excluding carboxylic acids is 1. The summed E-state index contributed by atoms with van der Waals surface area (Å²) >= 11 is 0. The Labute approximate surface area is 147 Å². The highest BCUT2D eigenvalue weighted by atomic mass is 32.2. The summed E-state index contributed by atoms with van der Waals surface area (Å²) in [6, 6.07) is 0. The van der Waals surface area contributed by atoms with Crippen LogP contribution in [0.5, 0.6) is 0 Å². The van der Waals surface area contributed by atoms with Crippen molar-refractivity contribution < 1.29 is 17.9 Å². The number of sulfone groups is 1. The number of ether oxygens (including phenoxy) is 1. The summed E-state index contributed by atoms with van der Waals surface area (Å²) in [5.74, 6) is 0.282. The smallest absolute Gasteiger partial charge is 0.234 e. The predicted molar refractivity (Wildman–Crippen MR) is 96.9 cm³/mol. The fraction of sp³-hybridized carbons (Fsp3) is 0.941. The van der Waals surface area contributed by atoms with E-state index in [-0.39, 0.29) is 24.0 Å². The van der Waals surface area contributed by atoms with Gasteiger partial charge in [0.2, 0.25) is 5.91 Å². The van der Waals surface area contributed by atoms with Crippen molar-refractivity contribution in [3.05, 3.63) is 0 Å². The third kappa shape index (κ3) is 11.0. The first-order valence-electron chi connectivity index (χ1n) is 9.31. The molecule has 6 nitrogen and oxygen atoms in total. The van der Waals surface area contributed by atoms with Gasteiger partial charge in [0.1, 0.15) is 0 Å². The molecule has 1 aliphatic rings. The number of hydrogen-bond acceptors (Lipinski definition) is 5. The van der Waals surface area contributed by atoms with E-state index in [2.05, 4.69) is 12.2 Å². The molecular weight excluding hydrogens is 328 g/mol. The maximum absolute atomic E-state index is 11.8. The molecule has 0 spiro atoms. The topological polar surface area (TPSA) is 75.7 Å². The van der Waals surface area contributed by atoms with E-state index in [4.69, 9.17) is 4.74 Å². The third-order valence-corrected chi connectivity index (χ3v) is 5.84. The van der Waals surface area contributed by atoms with Crippen LogP contribution in [0.4, 0.5) is 0 Å². The Kier molecular flexibility index (Phi) is 11.3. The number of unbranched alkanes of at least 4 members (excludes halogenated alkanes) is 5. The molecule has 1 N–H and O–H groups in total. The van der Waals surface area contributed by atoms with Crippen molar-refractivity contribution in [1.82, 2.24) is 10.2 Å². The molecule has 1 fully saturated rings. The number of amides is 1. The summed E-state index contributed by atoms with van der Waals surface area (Å²) in [4.78, 5) is 13.7. The van der Waals surface area contributed by atoms with E-state index < -0.39 is 9.84 Å². The van der Waals surface area contributed by atoms with Crippen molar-refractivity contribution >= 4 is 15.7 Å². The van der Waals surface area contributed by atoms with E-state index in [1.54, 1.807) is 0 Å². The zero-order chi connectivity index (χ0) is 17.7. The molecule has 0 atom stereocenters. The van der Waals surface area contributed by atoms with Crippen molar-refractivity contribution in [2.75, 3.05) is 50.9 Å².